The van der Waals surface area contributed by atoms with Crippen LogP contribution < -0.4 is 5.69 Å². The van der Waals surface area contributed by atoms with Gasteiger partial charge in [0.15, 0.2) is 0 Å². The standard InChI is InChI=1S/C21H26N4O3S2/c1-15-6-7-16(2)18(13-15)14-24-21(26)25(19-5-4-12-29-19)20(22-24)17-8-10-23(11-9-17)30(3,27)28/h4-7,12-13,17H,8-11,14H2,1-3H3. The molecule has 4 rings (SSSR count). The van der Waals surface area contributed by atoms with Gasteiger partial charge in [-0.15, -0.1) is 11.3 Å². The van der Waals surface area contributed by atoms with Gasteiger partial charge in [0.05, 0.1) is 12.8 Å². The van der Waals surface area contributed by atoms with E-state index in [1.54, 1.807) is 9.25 Å². The number of hydrogen-bond acceptors (Lipinski definition) is 5. The fraction of sp³-hybridized carbons (Fsp3) is 0.429. The van der Waals surface area contributed by atoms with Crippen LogP contribution in [0.5, 0.6) is 0 Å². The molecule has 0 amide bonds. The summed E-state index contributed by atoms with van der Waals surface area (Å²) in [6.45, 7) is 5.40. The molecular weight excluding hydrogens is 420 g/mol. The van der Waals surface area contributed by atoms with E-state index in [9.17, 15) is 13.2 Å². The lowest BCUT2D eigenvalue weighted by Gasteiger charge is -2.29. The van der Waals surface area contributed by atoms with Crippen LogP contribution in [0.2, 0.25) is 0 Å². The maximum atomic E-state index is 13.3. The van der Waals surface area contributed by atoms with Crippen LogP contribution in [0, 0.1) is 13.8 Å². The number of rotatable bonds is 5. The van der Waals surface area contributed by atoms with Crippen molar-refractivity contribution in [1.82, 2.24) is 18.7 Å². The SMILES string of the molecule is Cc1ccc(C)c(Cn2nc(C3CCN(S(C)(=O)=O)CC3)n(-c3cccs3)c2=O)c1. The Bertz CT molecular complexity index is 1200. The van der Waals surface area contributed by atoms with Crippen LogP contribution in [-0.2, 0) is 16.6 Å². The Morgan fingerprint density at radius 3 is 2.53 bits per heavy atom. The van der Waals surface area contributed by atoms with Crippen LogP contribution in [0.1, 0.15) is 41.3 Å². The Kier molecular flexibility index (Phi) is 5.69. The van der Waals surface area contributed by atoms with Crippen LogP contribution in [0.25, 0.3) is 5.00 Å². The van der Waals surface area contributed by atoms with Gasteiger partial charge in [0.1, 0.15) is 10.8 Å². The van der Waals surface area contributed by atoms with Crippen molar-refractivity contribution in [1.29, 1.82) is 0 Å². The average molecular weight is 447 g/mol. The maximum absolute atomic E-state index is 13.3. The van der Waals surface area contributed by atoms with Crippen molar-refractivity contribution in [2.75, 3.05) is 19.3 Å². The first-order chi connectivity index (χ1) is 14.2. The molecule has 0 bridgehead atoms. The summed E-state index contributed by atoms with van der Waals surface area (Å²) < 4.78 is 28.5. The van der Waals surface area contributed by atoms with Gasteiger partial charge in [-0.1, -0.05) is 23.8 Å². The van der Waals surface area contributed by atoms with Crippen molar-refractivity contribution < 1.29 is 8.42 Å². The van der Waals surface area contributed by atoms with Crippen molar-refractivity contribution in [3.8, 4) is 5.00 Å². The van der Waals surface area contributed by atoms with Crippen molar-refractivity contribution in [3.63, 3.8) is 0 Å². The van der Waals surface area contributed by atoms with E-state index in [0.717, 1.165) is 27.5 Å². The van der Waals surface area contributed by atoms with Gasteiger partial charge in [0.2, 0.25) is 10.0 Å². The molecule has 1 fully saturated rings. The minimum Gasteiger partial charge on any atom is -0.246 e. The molecule has 160 valence electrons. The molecule has 0 N–H and O–H groups in total. The fourth-order valence-corrected chi connectivity index (χ4v) is 5.58. The molecule has 0 unspecified atom stereocenters. The normalized spacial score (nSPS) is 16.2. The summed E-state index contributed by atoms with van der Waals surface area (Å²) in [6.07, 6.45) is 2.55. The number of sulfonamides is 1. The highest BCUT2D eigenvalue weighted by atomic mass is 32.2. The molecule has 0 saturated carbocycles. The monoisotopic (exact) mass is 446 g/mol. The predicted octanol–water partition coefficient (Wildman–Crippen LogP) is 2.90. The molecule has 1 aliphatic heterocycles. The third kappa shape index (κ3) is 4.14. The first kappa shape index (κ1) is 21.0. The third-order valence-electron chi connectivity index (χ3n) is 5.70. The van der Waals surface area contributed by atoms with Gasteiger partial charge >= 0.3 is 5.69 Å². The van der Waals surface area contributed by atoms with Crippen molar-refractivity contribution in [2.45, 2.75) is 39.2 Å². The molecule has 3 heterocycles. The molecule has 1 aromatic carbocycles. The van der Waals surface area contributed by atoms with Crippen molar-refractivity contribution in [3.05, 3.63) is 68.7 Å². The Balaban J connectivity index is 1.71. The second kappa shape index (κ2) is 8.13. The van der Waals surface area contributed by atoms with Gasteiger partial charge in [-0.2, -0.15) is 5.10 Å². The van der Waals surface area contributed by atoms with Crippen molar-refractivity contribution in [2.24, 2.45) is 0 Å². The zero-order chi connectivity index (χ0) is 21.5. The van der Waals surface area contributed by atoms with Gasteiger partial charge in [0, 0.05) is 19.0 Å². The first-order valence-electron chi connectivity index (χ1n) is 9.99. The van der Waals surface area contributed by atoms with E-state index in [0.29, 0.717) is 32.5 Å². The summed E-state index contributed by atoms with van der Waals surface area (Å²) in [7, 11) is -3.20. The molecule has 0 atom stereocenters. The Labute approximate surface area is 180 Å². The zero-order valence-corrected chi connectivity index (χ0v) is 19.0. The van der Waals surface area contributed by atoms with E-state index >= 15 is 0 Å². The van der Waals surface area contributed by atoms with E-state index in [4.69, 9.17) is 5.10 Å². The Morgan fingerprint density at radius 1 is 1.17 bits per heavy atom. The molecule has 30 heavy (non-hydrogen) atoms. The number of piperidine rings is 1. The number of nitrogens with zero attached hydrogens (tertiary/aromatic N) is 4. The van der Waals surface area contributed by atoms with Crippen molar-refractivity contribution >= 4 is 21.4 Å². The quantitative estimate of drug-likeness (QED) is 0.604. The lowest BCUT2D eigenvalue weighted by atomic mass is 9.97. The smallest absolute Gasteiger partial charge is 0.246 e. The van der Waals surface area contributed by atoms with Gasteiger partial charge in [-0.05, 0) is 55.3 Å². The molecule has 1 aliphatic rings. The Hall–Kier alpha value is -2.23. The van der Waals surface area contributed by atoms with E-state index in [2.05, 4.69) is 18.2 Å². The molecule has 7 nitrogen and oxygen atoms in total. The van der Waals surface area contributed by atoms with Gasteiger partial charge in [0.25, 0.3) is 0 Å². The average Bonchev–Trinajstić information content (AvgIpc) is 3.32. The summed E-state index contributed by atoms with van der Waals surface area (Å²) in [6, 6.07) is 10.1. The van der Waals surface area contributed by atoms with Crippen LogP contribution in [0.15, 0.2) is 40.5 Å². The fourth-order valence-electron chi connectivity index (χ4n) is 3.97. The highest BCUT2D eigenvalue weighted by molar-refractivity contribution is 7.88. The summed E-state index contributed by atoms with van der Waals surface area (Å²) >= 11 is 1.50. The van der Waals surface area contributed by atoms with E-state index in [1.807, 2.05) is 31.4 Å². The van der Waals surface area contributed by atoms with E-state index in [-0.39, 0.29) is 11.6 Å². The van der Waals surface area contributed by atoms with Gasteiger partial charge in [-0.3, -0.25) is 0 Å². The molecule has 9 heteroatoms. The number of thiophene rings is 1. The van der Waals surface area contributed by atoms with E-state index < -0.39 is 10.0 Å². The molecule has 0 spiro atoms. The second-order valence-electron chi connectivity index (χ2n) is 7.95. The van der Waals surface area contributed by atoms with Crippen LogP contribution in [0.4, 0.5) is 0 Å². The van der Waals surface area contributed by atoms with Crippen LogP contribution in [-0.4, -0.2) is 46.4 Å². The number of benzene rings is 1. The van der Waals surface area contributed by atoms with Gasteiger partial charge < -0.3 is 0 Å². The summed E-state index contributed by atoms with van der Waals surface area (Å²) in [4.78, 5) is 13.3. The number of hydrogen-bond donors (Lipinski definition) is 0. The van der Waals surface area contributed by atoms with Crippen LogP contribution in [0.3, 0.4) is 0 Å². The molecular formula is C21H26N4O3S2. The number of aromatic nitrogens is 3. The summed E-state index contributed by atoms with van der Waals surface area (Å²) in [5.41, 5.74) is 3.20. The maximum Gasteiger partial charge on any atom is 0.351 e. The highest BCUT2D eigenvalue weighted by Crippen LogP contribution is 2.29. The lowest BCUT2D eigenvalue weighted by molar-refractivity contribution is 0.313. The summed E-state index contributed by atoms with van der Waals surface area (Å²) in [5, 5.41) is 7.53. The lowest BCUT2D eigenvalue weighted by Crippen LogP contribution is -2.37. The third-order valence-corrected chi connectivity index (χ3v) is 7.86. The topological polar surface area (TPSA) is 77.2 Å². The zero-order valence-electron chi connectivity index (χ0n) is 17.4. The Morgan fingerprint density at radius 2 is 1.90 bits per heavy atom. The minimum absolute atomic E-state index is 0.0395. The molecule has 2 aromatic heterocycles. The minimum atomic E-state index is -3.20. The second-order valence-corrected chi connectivity index (χ2v) is 10.9. The molecule has 1 saturated heterocycles. The molecule has 3 aromatic rings. The summed E-state index contributed by atoms with van der Waals surface area (Å²) in [5.74, 6) is 0.763. The van der Waals surface area contributed by atoms with Gasteiger partial charge in [-0.25, -0.2) is 26.8 Å². The predicted molar refractivity (Wildman–Crippen MR) is 119 cm³/mol. The number of aryl methyl sites for hydroxylation is 2. The molecule has 0 radical (unpaired) electrons. The molecule has 0 aliphatic carbocycles. The van der Waals surface area contributed by atoms with Crippen LogP contribution >= 0.6 is 11.3 Å². The largest absolute Gasteiger partial charge is 0.351 e. The first-order valence-corrected chi connectivity index (χ1v) is 12.7. The van der Waals surface area contributed by atoms with E-state index in [1.165, 1.54) is 21.9 Å². The highest BCUT2D eigenvalue weighted by Gasteiger charge is 2.30.